The molecule has 0 aliphatic carbocycles. The van der Waals surface area contributed by atoms with E-state index in [1.54, 1.807) is 0 Å². The molecule has 0 bridgehead atoms. The van der Waals surface area contributed by atoms with Crippen molar-refractivity contribution >= 4 is 21.8 Å². The van der Waals surface area contributed by atoms with Gasteiger partial charge < -0.3 is 9.72 Å². The molecule has 1 atom stereocenters. The molecule has 3 nitrogen and oxygen atoms in total. The Hall–Kier alpha value is -2.31. The smallest absolute Gasteiger partial charge is 0.116 e. The molecule has 0 saturated carbocycles. The van der Waals surface area contributed by atoms with E-state index in [2.05, 4.69) is 34.9 Å². The van der Waals surface area contributed by atoms with E-state index < -0.39 is 0 Å². The normalized spacial score (nSPS) is 12.7. The first-order valence-corrected chi connectivity index (χ1v) is 7.15. The largest absolute Gasteiger partial charge is 0.374 e. The Kier molecular flexibility index (Phi) is 3.40. The number of terminal acetylenes is 1. The van der Waals surface area contributed by atoms with Gasteiger partial charge >= 0.3 is 0 Å². The van der Waals surface area contributed by atoms with Crippen LogP contribution < -0.4 is 0 Å². The van der Waals surface area contributed by atoms with E-state index in [-0.39, 0.29) is 6.10 Å². The zero-order valence-corrected chi connectivity index (χ0v) is 12.5. The maximum absolute atomic E-state index is 5.78. The highest BCUT2D eigenvalue weighted by molar-refractivity contribution is 6.10. The molecule has 3 rings (SSSR count). The highest BCUT2D eigenvalue weighted by atomic mass is 16.5. The van der Waals surface area contributed by atoms with Crippen molar-refractivity contribution in [1.29, 1.82) is 0 Å². The van der Waals surface area contributed by atoms with E-state index >= 15 is 0 Å². The minimum absolute atomic E-state index is 0.0413. The third-order valence-electron chi connectivity index (χ3n) is 3.93. The van der Waals surface area contributed by atoms with Crippen LogP contribution in [0.2, 0.25) is 0 Å². The number of aromatic amines is 1. The molecule has 0 fully saturated rings. The number of nitrogens with zero attached hydrogens (tertiary/aromatic N) is 1. The summed E-state index contributed by atoms with van der Waals surface area (Å²) in [7, 11) is 0. The highest BCUT2D eigenvalue weighted by Crippen LogP contribution is 2.34. The van der Waals surface area contributed by atoms with Gasteiger partial charge in [-0.1, -0.05) is 12.1 Å². The van der Waals surface area contributed by atoms with Crippen molar-refractivity contribution in [2.75, 3.05) is 6.61 Å². The minimum atomic E-state index is 0.0413. The van der Waals surface area contributed by atoms with Gasteiger partial charge in [-0.3, -0.25) is 0 Å². The highest BCUT2D eigenvalue weighted by Gasteiger charge is 2.16. The van der Waals surface area contributed by atoms with E-state index in [1.165, 1.54) is 10.9 Å². The maximum Gasteiger partial charge on any atom is 0.116 e. The lowest BCUT2D eigenvalue weighted by molar-refractivity contribution is 0.0774. The number of pyridine rings is 1. The average molecular weight is 278 g/mol. The Morgan fingerprint density at radius 3 is 2.86 bits per heavy atom. The fourth-order valence-corrected chi connectivity index (χ4v) is 2.95. The Bertz CT molecular complexity index is 855. The van der Waals surface area contributed by atoms with Gasteiger partial charge in [-0.25, -0.2) is 4.98 Å². The molecule has 0 aliphatic rings. The molecule has 0 spiro atoms. The van der Waals surface area contributed by atoms with Crippen LogP contribution in [-0.2, 0) is 4.74 Å². The summed E-state index contributed by atoms with van der Waals surface area (Å²) in [5.41, 5.74) is 5.02. The Morgan fingerprint density at radius 1 is 1.33 bits per heavy atom. The summed E-state index contributed by atoms with van der Waals surface area (Å²) >= 11 is 0. The molecule has 3 aromatic rings. The number of H-pyrrole nitrogens is 1. The van der Waals surface area contributed by atoms with Crippen LogP contribution in [0, 0.1) is 19.3 Å². The molecular formula is C18H18N2O. The lowest BCUT2D eigenvalue weighted by Crippen LogP contribution is -2.00. The van der Waals surface area contributed by atoms with E-state index in [4.69, 9.17) is 11.2 Å². The van der Waals surface area contributed by atoms with Gasteiger partial charge in [0.25, 0.3) is 0 Å². The summed E-state index contributed by atoms with van der Waals surface area (Å²) in [5, 5.41) is 2.33. The van der Waals surface area contributed by atoms with Crippen LogP contribution in [0.4, 0.5) is 0 Å². The number of nitrogens with one attached hydrogen (secondary N) is 1. The first-order valence-electron chi connectivity index (χ1n) is 7.15. The standard InChI is InChI=1S/C18H18N2O/c1-5-14-11(3)17-16(10-19-14)20-15-9-7-8-13(18(15)17)12(4)21-6-2/h1,7-10,12,20H,6H2,2-4H3. The molecule has 1 aromatic carbocycles. The molecule has 1 N–H and O–H groups in total. The van der Waals surface area contributed by atoms with Gasteiger partial charge in [0.1, 0.15) is 5.69 Å². The van der Waals surface area contributed by atoms with Gasteiger partial charge in [-0.2, -0.15) is 0 Å². The van der Waals surface area contributed by atoms with E-state index in [9.17, 15) is 0 Å². The Balaban J connectivity index is 2.41. The predicted octanol–water partition coefficient (Wildman–Crippen LogP) is 4.10. The van der Waals surface area contributed by atoms with Crippen molar-refractivity contribution in [2.45, 2.75) is 26.9 Å². The first-order chi connectivity index (χ1) is 10.2. The fraction of sp³-hybridized carbons (Fsp3) is 0.278. The number of rotatable bonds is 3. The molecule has 0 radical (unpaired) electrons. The second-order valence-electron chi connectivity index (χ2n) is 5.16. The number of aromatic nitrogens is 2. The van der Waals surface area contributed by atoms with E-state index in [0.717, 1.165) is 22.0 Å². The van der Waals surface area contributed by atoms with Crippen LogP contribution in [0.1, 0.15) is 36.8 Å². The topological polar surface area (TPSA) is 37.9 Å². The van der Waals surface area contributed by atoms with Crippen molar-refractivity contribution in [3.63, 3.8) is 0 Å². The quantitative estimate of drug-likeness (QED) is 0.732. The first kappa shape index (κ1) is 13.7. The van der Waals surface area contributed by atoms with Crippen molar-refractivity contribution < 1.29 is 4.74 Å². The molecular weight excluding hydrogens is 260 g/mol. The van der Waals surface area contributed by atoms with Gasteiger partial charge in [0, 0.05) is 22.9 Å². The molecule has 2 heterocycles. The second kappa shape index (κ2) is 5.23. The zero-order chi connectivity index (χ0) is 15.0. The predicted molar refractivity (Wildman–Crippen MR) is 86.3 cm³/mol. The summed E-state index contributed by atoms with van der Waals surface area (Å²) in [4.78, 5) is 7.75. The number of benzene rings is 1. The lowest BCUT2D eigenvalue weighted by atomic mass is 10.00. The van der Waals surface area contributed by atoms with Crippen molar-refractivity contribution in [3.05, 3.63) is 41.2 Å². The number of hydrogen-bond donors (Lipinski definition) is 1. The monoisotopic (exact) mass is 278 g/mol. The SMILES string of the molecule is C#Cc1ncc2[nH]c3cccc(C(C)OCC)c3c2c1C. The molecule has 2 aromatic heterocycles. The summed E-state index contributed by atoms with van der Waals surface area (Å²) in [6, 6.07) is 6.24. The maximum atomic E-state index is 5.78. The van der Waals surface area contributed by atoms with Gasteiger partial charge in [-0.05, 0) is 43.9 Å². The van der Waals surface area contributed by atoms with Crippen LogP contribution in [-0.4, -0.2) is 16.6 Å². The lowest BCUT2D eigenvalue weighted by Gasteiger charge is -2.14. The van der Waals surface area contributed by atoms with Crippen LogP contribution in [0.15, 0.2) is 24.4 Å². The molecule has 21 heavy (non-hydrogen) atoms. The number of aryl methyl sites for hydroxylation is 1. The fourth-order valence-electron chi connectivity index (χ4n) is 2.95. The van der Waals surface area contributed by atoms with Crippen LogP contribution in [0.25, 0.3) is 21.8 Å². The Morgan fingerprint density at radius 2 is 2.14 bits per heavy atom. The molecule has 0 amide bonds. The molecule has 0 saturated heterocycles. The number of fused-ring (bicyclic) bond motifs is 3. The number of hydrogen-bond acceptors (Lipinski definition) is 2. The van der Waals surface area contributed by atoms with Crippen molar-refractivity contribution in [3.8, 4) is 12.3 Å². The van der Waals surface area contributed by atoms with Crippen molar-refractivity contribution in [2.24, 2.45) is 0 Å². The minimum Gasteiger partial charge on any atom is -0.374 e. The van der Waals surface area contributed by atoms with Crippen LogP contribution >= 0.6 is 0 Å². The van der Waals surface area contributed by atoms with E-state index in [1.807, 2.05) is 26.1 Å². The summed E-state index contributed by atoms with van der Waals surface area (Å²) in [5.74, 6) is 2.66. The van der Waals surface area contributed by atoms with Gasteiger partial charge in [0.15, 0.2) is 0 Å². The Labute approximate surface area is 124 Å². The molecule has 0 aliphatic heterocycles. The average Bonchev–Trinajstić information content (AvgIpc) is 2.87. The summed E-state index contributed by atoms with van der Waals surface area (Å²) in [6.45, 7) is 6.81. The summed E-state index contributed by atoms with van der Waals surface area (Å²) in [6.07, 6.45) is 7.41. The molecule has 106 valence electrons. The third-order valence-corrected chi connectivity index (χ3v) is 3.93. The second-order valence-corrected chi connectivity index (χ2v) is 5.16. The molecule has 1 unspecified atom stereocenters. The summed E-state index contributed by atoms with van der Waals surface area (Å²) < 4.78 is 5.78. The van der Waals surface area contributed by atoms with Gasteiger partial charge in [0.2, 0.25) is 0 Å². The van der Waals surface area contributed by atoms with Gasteiger partial charge in [0.05, 0.1) is 17.8 Å². The van der Waals surface area contributed by atoms with Crippen LogP contribution in [0.3, 0.4) is 0 Å². The van der Waals surface area contributed by atoms with Crippen LogP contribution in [0.5, 0.6) is 0 Å². The van der Waals surface area contributed by atoms with E-state index in [0.29, 0.717) is 12.3 Å². The van der Waals surface area contributed by atoms with Gasteiger partial charge in [-0.15, -0.1) is 6.42 Å². The molecule has 3 heteroatoms. The zero-order valence-electron chi connectivity index (χ0n) is 12.5. The third kappa shape index (κ3) is 2.09. The van der Waals surface area contributed by atoms with Crippen molar-refractivity contribution in [1.82, 2.24) is 9.97 Å². The number of ether oxygens (including phenoxy) is 1.